The minimum Gasteiger partial charge on any atom is -0.444 e. The van der Waals surface area contributed by atoms with Crippen molar-refractivity contribution in [3.05, 3.63) is 76.4 Å². The molecule has 0 unspecified atom stereocenters. The number of rotatable bonds is 2. The maximum atomic E-state index is 12.6. The number of hydrogen-bond donors (Lipinski definition) is 1. The molecule has 0 atom stereocenters. The molecule has 0 bridgehead atoms. The van der Waals surface area contributed by atoms with Gasteiger partial charge in [0.1, 0.15) is 0 Å². The normalized spacial score (nSPS) is 11.1. The molecule has 1 N–H and O–H groups in total. The molecular weight excluding hydrogens is 300 g/mol. The Balaban J connectivity index is 1.92. The van der Waals surface area contributed by atoms with Crippen LogP contribution >= 0.6 is 0 Å². The molecule has 2 heterocycles. The molecule has 0 spiro atoms. The van der Waals surface area contributed by atoms with Gasteiger partial charge in [0.2, 0.25) is 0 Å². The molecule has 4 nitrogen and oxygen atoms in total. The van der Waals surface area contributed by atoms with E-state index in [0.29, 0.717) is 11.1 Å². The molecule has 2 aromatic carbocycles. The predicted octanol–water partition coefficient (Wildman–Crippen LogP) is 4.47. The minimum absolute atomic E-state index is 0.0138. The number of nitrogens with one attached hydrogen (secondary N) is 1. The summed E-state index contributed by atoms with van der Waals surface area (Å²) in [5.74, 6) is 0.663. The van der Waals surface area contributed by atoms with Crippen LogP contribution in [0, 0.1) is 13.8 Å². The lowest BCUT2D eigenvalue weighted by Gasteiger charge is -2.08. The number of benzene rings is 2. The zero-order valence-electron chi connectivity index (χ0n) is 13.5. The largest absolute Gasteiger partial charge is 0.444 e. The van der Waals surface area contributed by atoms with Crippen molar-refractivity contribution in [1.29, 1.82) is 0 Å². The molecule has 0 amide bonds. The van der Waals surface area contributed by atoms with Crippen LogP contribution in [0.25, 0.3) is 33.5 Å². The fourth-order valence-electron chi connectivity index (χ4n) is 2.91. The summed E-state index contributed by atoms with van der Waals surface area (Å²) >= 11 is 0. The molecule has 4 aromatic rings. The van der Waals surface area contributed by atoms with E-state index in [9.17, 15) is 4.79 Å². The molecule has 0 aliphatic carbocycles. The van der Waals surface area contributed by atoms with Crippen LogP contribution in [-0.2, 0) is 0 Å². The highest BCUT2D eigenvalue weighted by molar-refractivity contribution is 5.87. The lowest BCUT2D eigenvalue weighted by atomic mass is 10.0. The van der Waals surface area contributed by atoms with Gasteiger partial charge >= 0.3 is 0 Å². The molecular formula is C20H16N2O2. The van der Waals surface area contributed by atoms with Crippen LogP contribution in [0.4, 0.5) is 0 Å². The lowest BCUT2D eigenvalue weighted by molar-refractivity contribution is 0.571. The smallest absolute Gasteiger partial charge is 0.190 e. The van der Waals surface area contributed by atoms with Crippen molar-refractivity contribution in [2.45, 2.75) is 13.8 Å². The number of fused-ring (bicyclic) bond motifs is 1. The van der Waals surface area contributed by atoms with Gasteiger partial charge in [0, 0.05) is 22.7 Å². The average Bonchev–Trinajstić information content (AvgIpc) is 3.09. The highest BCUT2D eigenvalue weighted by Gasteiger charge is 2.11. The van der Waals surface area contributed by atoms with Crippen LogP contribution in [0.3, 0.4) is 0 Å². The van der Waals surface area contributed by atoms with E-state index in [-0.39, 0.29) is 5.43 Å². The van der Waals surface area contributed by atoms with Gasteiger partial charge in [-0.15, -0.1) is 0 Å². The van der Waals surface area contributed by atoms with E-state index in [4.69, 9.17) is 4.42 Å². The summed E-state index contributed by atoms with van der Waals surface area (Å²) in [7, 11) is 0. The zero-order chi connectivity index (χ0) is 16.7. The number of aromatic nitrogens is 2. The van der Waals surface area contributed by atoms with Gasteiger partial charge in [0.15, 0.2) is 17.6 Å². The molecule has 0 fully saturated rings. The fourth-order valence-corrected chi connectivity index (χ4v) is 2.91. The molecule has 24 heavy (non-hydrogen) atoms. The highest BCUT2D eigenvalue weighted by atomic mass is 16.3. The molecule has 0 saturated carbocycles. The van der Waals surface area contributed by atoms with E-state index in [0.717, 1.165) is 27.9 Å². The third-order valence-electron chi connectivity index (χ3n) is 4.24. The Labute approximate surface area is 138 Å². The topological polar surface area (TPSA) is 58.9 Å². The second-order valence-electron chi connectivity index (χ2n) is 5.99. The van der Waals surface area contributed by atoms with Crippen molar-refractivity contribution < 1.29 is 4.42 Å². The zero-order valence-corrected chi connectivity index (χ0v) is 13.5. The van der Waals surface area contributed by atoms with Crippen LogP contribution in [0.5, 0.6) is 0 Å². The van der Waals surface area contributed by atoms with Crippen LogP contribution in [-0.4, -0.2) is 9.97 Å². The Hall–Kier alpha value is -3.14. The fraction of sp³-hybridized carbons (Fsp3) is 0.100. The summed E-state index contributed by atoms with van der Waals surface area (Å²) in [4.78, 5) is 19.9. The van der Waals surface area contributed by atoms with Crippen molar-refractivity contribution in [1.82, 2.24) is 9.97 Å². The maximum absolute atomic E-state index is 12.6. The average molecular weight is 316 g/mol. The van der Waals surface area contributed by atoms with Crippen molar-refractivity contribution in [2.24, 2.45) is 0 Å². The van der Waals surface area contributed by atoms with Crippen molar-refractivity contribution in [2.75, 3.05) is 0 Å². The molecule has 0 aliphatic heterocycles. The van der Waals surface area contributed by atoms with Crippen molar-refractivity contribution in [3.63, 3.8) is 0 Å². The quantitative estimate of drug-likeness (QED) is 0.593. The predicted molar refractivity (Wildman–Crippen MR) is 95.0 cm³/mol. The Morgan fingerprint density at radius 1 is 1.04 bits per heavy atom. The number of aryl methyl sites for hydroxylation is 2. The van der Waals surface area contributed by atoms with E-state index in [2.05, 4.69) is 9.97 Å². The van der Waals surface area contributed by atoms with Gasteiger partial charge in [-0.2, -0.15) is 0 Å². The van der Waals surface area contributed by atoms with Crippen LogP contribution in [0.15, 0.2) is 64.3 Å². The summed E-state index contributed by atoms with van der Waals surface area (Å²) in [5.41, 5.74) is 5.72. The van der Waals surface area contributed by atoms with Gasteiger partial charge in [-0.05, 0) is 37.1 Å². The number of H-pyrrole nitrogens is 1. The number of pyridine rings is 1. The van der Waals surface area contributed by atoms with Gasteiger partial charge in [0.05, 0.1) is 11.7 Å². The number of nitrogens with zero attached hydrogens (tertiary/aromatic N) is 1. The SMILES string of the molecule is Cc1ccc(-c2cc(=O)c3cc(-c4cnco4)c(C)cc3[nH]2)cc1. The number of oxazole rings is 1. The van der Waals surface area contributed by atoms with E-state index in [1.165, 1.54) is 12.0 Å². The molecule has 0 aliphatic rings. The Kier molecular flexibility index (Phi) is 3.31. The summed E-state index contributed by atoms with van der Waals surface area (Å²) in [6, 6.07) is 13.6. The second-order valence-corrected chi connectivity index (χ2v) is 5.99. The minimum atomic E-state index is -0.0138. The Bertz CT molecular complexity index is 1080. The second kappa shape index (κ2) is 5.49. The molecule has 0 radical (unpaired) electrons. The summed E-state index contributed by atoms with van der Waals surface area (Å²) in [6.45, 7) is 4.04. The lowest BCUT2D eigenvalue weighted by Crippen LogP contribution is -2.04. The molecule has 4 rings (SSSR count). The first-order valence-corrected chi connectivity index (χ1v) is 7.75. The number of aromatic amines is 1. The van der Waals surface area contributed by atoms with Crippen LogP contribution in [0.2, 0.25) is 0 Å². The van der Waals surface area contributed by atoms with E-state index in [1.54, 1.807) is 12.3 Å². The molecule has 118 valence electrons. The summed E-state index contributed by atoms with van der Waals surface area (Å²) < 4.78 is 5.37. The van der Waals surface area contributed by atoms with Crippen LogP contribution < -0.4 is 5.43 Å². The monoisotopic (exact) mass is 316 g/mol. The summed E-state index contributed by atoms with van der Waals surface area (Å²) in [6.07, 6.45) is 3.05. The van der Waals surface area contributed by atoms with E-state index in [1.807, 2.05) is 50.2 Å². The first-order chi connectivity index (χ1) is 11.6. The van der Waals surface area contributed by atoms with E-state index < -0.39 is 0 Å². The van der Waals surface area contributed by atoms with Gasteiger partial charge in [-0.25, -0.2) is 4.98 Å². The standard InChI is InChI=1S/C20H16N2O2/c1-12-3-5-14(6-4-12)17-9-19(23)16-8-15(20-10-21-11-24-20)13(2)7-18(16)22-17/h3-11H,1-2H3,(H,22,23). The Morgan fingerprint density at radius 3 is 2.54 bits per heavy atom. The first kappa shape index (κ1) is 14.5. The molecule has 2 aromatic heterocycles. The van der Waals surface area contributed by atoms with Crippen molar-refractivity contribution >= 4 is 10.9 Å². The number of hydrogen-bond acceptors (Lipinski definition) is 3. The third-order valence-corrected chi connectivity index (χ3v) is 4.24. The van der Waals surface area contributed by atoms with E-state index >= 15 is 0 Å². The van der Waals surface area contributed by atoms with Gasteiger partial charge in [-0.1, -0.05) is 29.8 Å². The van der Waals surface area contributed by atoms with Gasteiger partial charge < -0.3 is 9.40 Å². The van der Waals surface area contributed by atoms with Crippen molar-refractivity contribution in [3.8, 4) is 22.6 Å². The first-order valence-electron chi connectivity index (χ1n) is 7.75. The third kappa shape index (κ3) is 2.42. The maximum Gasteiger partial charge on any atom is 0.190 e. The summed E-state index contributed by atoms with van der Waals surface area (Å²) in [5, 5.41) is 0.642. The molecule has 0 saturated heterocycles. The molecule has 4 heteroatoms. The highest BCUT2D eigenvalue weighted by Crippen LogP contribution is 2.27. The van der Waals surface area contributed by atoms with Gasteiger partial charge in [0.25, 0.3) is 0 Å². The van der Waals surface area contributed by atoms with Gasteiger partial charge in [-0.3, -0.25) is 4.79 Å². The Morgan fingerprint density at radius 2 is 1.83 bits per heavy atom. The van der Waals surface area contributed by atoms with Crippen LogP contribution in [0.1, 0.15) is 11.1 Å².